The van der Waals surface area contributed by atoms with E-state index in [0.29, 0.717) is 19.4 Å². The smallest absolute Gasteiger partial charge is 0.249 e. The first-order chi connectivity index (χ1) is 9.56. The van der Waals surface area contributed by atoms with Crippen LogP contribution < -0.4 is 11.1 Å². The lowest BCUT2D eigenvalue weighted by molar-refractivity contribution is -0.133. The topological polar surface area (TPSA) is 81.4 Å². The molecule has 2 amide bonds. The summed E-state index contributed by atoms with van der Waals surface area (Å²) in [6.45, 7) is 0.593. The van der Waals surface area contributed by atoms with E-state index in [1.165, 1.54) is 0 Å². The van der Waals surface area contributed by atoms with E-state index < -0.39 is 18.1 Å². The van der Waals surface area contributed by atoms with Crippen molar-refractivity contribution in [1.29, 1.82) is 0 Å². The van der Waals surface area contributed by atoms with Crippen molar-refractivity contribution in [2.24, 2.45) is 5.73 Å². The van der Waals surface area contributed by atoms with Crippen LogP contribution in [-0.4, -0.2) is 30.6 Å². The molecule has 1 saturated heterocycles. The number of halogens is 1. The Kier molecular flexibility index (Phi) is 5.36. The lowest BCUT2D eigenvalue weighted by atomic mass is 10.1. The van der Waals surface area contributed by atoms with Gasteiger partial charge in [0.05, 0.1) is 0 Å². The van der Waals surface area contributed by atoms with E-state index in [-0.39, 0.29) is 5.91 Å². The molecule has 1 aliphatic heterocycles. The average molecular weight is 388 g/mol. The number of carbonyl (C=O) groups is 2. The van der Waals surface area contributed by atoms with E-state index in [2.05, 4.69) is 27.9 Å². The Balaban J connectivity index is 2.00. The van der Waals surface area contributed by atoms with Crippen molar-refractivity contribution >= 4 is 34.4 Å². The quantitative estimate of drug-likeness (QED) is 0.739. The van der Waals surface area contributed by atoms with Crippen molar-refractivity contribution in [2.75, 3.05) is 6.61 Å². The molecule has 0 saturated carbocycles. The number of nitrogens with one attached hydrogen (secondary N) is 1. The Bertz CT molecular complexity index is 501. The molecule has 1 heterocycles. The third kappa shape index (κ3) is 4.17. The van der Waals surface area contributed by atoms with Crippen LogP contribution in [0.15, 0.2) is 24.3 Å². The number of hydrogen-bond acceptors (Lipinski definition) is 3. The second-order valence-electron chi connectivity index (χ2n) is 4.80. The van der Waals surface area contributed by atoms with Crippen LogP contribution in [0.5, 0.6) is 0 Å². The normalized spacial score (nSPS) is 19.6. The summed E-state index contributed by atoms with van der Waals surface area (Å²) in [6, 6.07) is 7.06. The van der Waals surface area contributed by atoms with Crippen LogP contribution in [0.3, 0.4) is 0 Å². The third-order valence-corrected chi connectivity index (χ3v) is 3.88. The molecule has 2 atom stereocenters. The second-order valence-corrected chi connectivity index (χ2v) is 6.04. The molecule has 3 N–H and O–H groups in total. The maximum absolute atomic E-state index is 12.0. The maximum atomic E-state index is 12.0. The summed E-state index contributed by atoms with van der Waals surface area (Å²) in [6.07, 6.45) is 1.51. The van der Waals surface area contributed by atoms with Gasteiger partial charge in [-0.25, -0.2) is 0 Å². The highest BCUT2D eigenvalue weighted by atomic mass is 127. The summed E-state index contributed by atoms with van der Waals surface area (Å²) in [5, 5.41) is 2.69. The highest BCUT2D eigenvalue weighted by Crippen LogP contribution is 2.13. The van der Waals surface area contributed by atoms with Crippen molar-refractivity contribution in [2.45, 2.75) is 31.4 Å². The van der Waals surface area contributed by atoms with Gasteiger partial charge >= 0.3 is 0 Å². The van der Waals surface area contributed by atoms with Crippen LogP contribution in [0.25, 0.3) is 0 Å². The van der Waals surface area contributed by atoms with Gasteiger partial charge in [-0.2, -0.15) is 0 Å². The molecule has 0 aliphatic carbocycles. The first-order valence-electron chi connectivity index (χ1n) is 6.52. The van der Waals surface area contributed by atoms with Crippen LogP contribution in [0.4, 0.5) is 0 Å². The van der Waals surface area contributed by atoms with Gasteiger partial charge < -0.3 is 15.8 Å². The summed E-state index contributed by atoms with van der Waals surface area (Å²) >= 11 is 2.20. The molecule has 0 bridgehead atoms. The Morgan fingerprint density at radius 3 is 2.90 bits per heavy atom. The third-order valence-electron chi connectivity index (χ3n) is 3.21. The number of amides is 2. The molecular weight excluding hydrogens is 371 g/mol. The summed E-state index contributed by atoms with van der Waals surface area (Å²) in [5.41, 5.74) is 6.34. The van der Waals surface area contributed by atoms with Crippen LogP contribution in [0.1, 0.15) is 18.4 Å². The van der Waals surface area contributed by atoms with Gasteiger partial charge in [0.2, 0.25) is 11.8 Å². The van der Waals surface area contributed by atoms with E-state index in [1.54, 1.807) is 0 Å². The fourth-order valence-electron chi connectivity index (χ4n) is 2.17. The lowest BCUT2D eigenvalue weighted by Crippen LogP contribution is -2.49. The molecule has 2 rings (SSSR count). The zero-order valence-electron chi connectivity index (χ0n) is 11.0. The van der Waals surface area contributed by atoms with Gasteiger partial charge in [-0.3, -0.25) is 9.59 Å². The highest BCUT2D eigenvalue weighted by Gasteiger charge is 2.27. The number of nitrogens with two attached hydrogens (primary N) is 1. The minimum atomic E-state index is -0.704. The van der Waals surface area contributed by atoms with Gasteiger partial charge in [-0.05, 0) is 53.1 Å². The van der Waals surface area contributed by atoms with E-state index in [9.17, 15) is 9.59 Å². The Morgan fingerprint density at radius 2 is 2.30 bits per heavy atom. The molecule has 5 nitrogen and oxygen atoms in total. The van der Waals surface area contributed by atoms with E-state index in [1.807, 2.05) is 24.3 Å². The largest absolute Gasteiger partial charge is 0.368 e. The molecule has 0 spiro atoms. The van der Waals surface area contributed by atoms with Crippen LogP contribution in [-0.2, 0) is 20.7 Å². The molecule has 1 aromatic rings. The molecule has 20 heavy (non-hydrogen) atoms. The summed E-state index contributed by atoms with van der Waals surface area (Å²) in [5.74, 6) is -0.785. The van der Waals surface area contributed by atoms with Crippen LogP contribution >= 0.6 is 22.6 Å². The monoisotopic (exact) mass is 388 g/mol. The van der Waals surface area contributed by atoms with Crippen molar-refractivity contribution in [3.05, 3.63) is 33.4 Å². The van der Waals surface area contributed by atoms with Crippen LogP contribution in [0, 0.1) is 3.57 Å². The number of carbonyl (C=O) groups excluding carboxylic acids is 2. The summed E-state index contributed by atoms with van der Waals surface area (Å²) < 4.78 is 6.38. The maximum Gasteiger partial charge on any atom is 0.249 e. The van der Waals surface area contributed by atoms with Gasteiger partial charge in [0, 0.05) is 16.6 Å². The molecule has 1 aliphatic rings. The molecule has 0 aromatic heterocycles. The molecular formula is C14H17IN2O3. The average Bonchev–Trinajstić information content (AvgIpc) is 2.91. The predicted octanol–water partition coefficient (Wildman–Crippen LogP) is 0.983. The number of ether oxygens (including phenoxy) is 1. The highest BCUT2D eigenvalue weighted by molar-refractivity contribution is 14.1. The van der Waals surface area contributed by atoms with Gasteiger partial charge in [0.25, 0.3) is 0 Å². The molecule has 1 fully saturated rings. The van der Waals surface area contributed by atoms with Crippen molar-refractivity contribution < 1.29 is 14.3 Å². The van der Waals surface area contributed by atoms with Crippen molar-refractivity contribution in [3.63, 3.8) is 0 Å². The lowest BCUT2D eigenvalue weighted by Gasteiger charge is -2.18. The molecule has 108 valence electrons. The molecule has 1 aromatic carbocycles. The molecule has 0 radical (unpaired) electrons. The number of benzene rings is 1. The number of hydrogen-bond donors (Lipinski definition) is 2. The zero-order valence-corrected chi connectivity index (χ0v) is 13.1. The van der Waals surface area contributed by atoms with Gasteiger partial charge in [0.15, 0.2) is 0 Å². The molecule has 0 unspecified atom stereocenters. The Hall–Kier alpha value is -1.15. The Morgan fingerprint density at radius 1 is 1.50 bits per heavy atom. The Labute approximate surface area is 131 Å². The fourth-order valence-corrected chi connectivity index (χ4v) is 2.78. The van der Waals surface area contributed by atoms with Crippen molar-refractivity contribution in [3.8, 4) is 0 Å². The minimum Gasteiger partial charge on any atom is -0.368 e. The predicted molar refractivity (Wildman–Crippen MR) is 83.0 cm³/mol. The van der Waals surface area contributed by atoms with Gasteiger partial charge in [-0.15, -0.1) is 0 Å². The number of rotatable bonds is 5. The second kappa shape index (κ2) is 7.03. The van der Waals surface area contributed by atoms with Crippen molar-refractivity contribution in [1.82, 2.24) is 5.32 Å². The van der Waals surface area contributed by atoms with Gasteiger partial charge in [0.1, 0.15) is 12.1 Å². The summed E-state index contributed by atoms with van der Waals surface area (Å²) in [7, 11) is 0. The first-order valence-corrected chi connectivity index (χ1v) is 7.60. The minimum absolute atomic E-state index is 0.253. The van der Waals surface area contributed by atoms with E-state index >= 15 is 0 Å². The van der Waals surface area contributed by atoms with Crippen LogP contribution in [0.2, 0.25) is 0 Å². The van der Waals surface area contributed by atoms with E-state index in [0.717, 1.165) is 15.6 Å². The zero-order chi connectivity index (χ0) is 14.5. The SMILES string of the molecule is NC(=O)[C@@H](Cc1cccc(I)c1)NC(=O)[C@@H]1CCCO1. The first kappa shape index (κ1) is 15.2. The summed E-state index contributed by atoms with van der Waals surface area (Å²) in [4.78, 5) is 23.5. The molecule has 6 heteroatoms. The van der Waals surface area contributed by atoms with Gasteiger partial charge in [-0.1, -0.05) is 12.1 Å². The number of primary amides is 1. The standard InChI is InChI=1S/C14H17IN2O3/c15-10-4-1-3-9(7-10)8-11(13(16)18)17-14(19)12-5-2-6-20-12/h1,3-4,7,11-12H,2,5-6,8H2,(H2,16,18)(H,17,19)/t11-,12+/m1/s1. The van der Waals surface area contributed by atoms with E-state index in [4.69, 9.17) is 10.5 Å². The fraction of sp³-hybridized carbons (Fsp3) is 0.429.